The molecule has 0 fully saturated rings. The van der Waals surface area contributed by atoms with E-state index in [1.54, 1.807) is 0 Å². The number of nitrogens with one attached hydrogen (secondary N) is 1. The summed E-state index contributed by atoms with van der Waals surface area (Å²) in [5.41, 5.74) is 0.332. The van der Waals surface area contributed by atoms with Gasteiger partial charge in [-0.1, -0.05) is 18.2 Å². The van der Waals surface area contributed by atoms with E-state index in [0.717, 1.165) is 11.3 Å². The Bertz CT molecular complexity index is 446. The number of carbonyl (C=O) groups excluding carboxylic acids is 1. The van der Waals surface area contributed by atoms with Crippen LogP contribution in [0.2, 0.25) is 0 Å². The first-order valence-corrected chi connectivity index (χ1v) is 6.82. The molecule has 1 unspecified atom stereocenters. The van der Waals surface area contributed by atoms with Crippen LogP contribution in [-0.2, 0) is 4.79 Å². The number of amides is 1. The summed E-state index contributed by atoms with van der Waals surface area (Å²) in [4.78, 5) is 12.2. The molecular formula is C13H15Cl2NO2. The zero-order chi connectivity index (χ0) is 13.2. The van der Waals surface area contributed by atoms with Gasteiger partial charge in [-0.25, -0.2) is 0 Å². The highest BCUT2D eigenvalue weighted by Crippen LogP contribution is 2.33. The third-order valence-corrected chi connectivity index (χ3v) is 4.21. The summed E-state index contributed by atoms with van der Waals surface area (Å²) in [7, 11) is 0. The van der Waals surface area contributed by atoms with E-state index < -0.39 is 5.54 Å². The van der Waals surface area contributed by atoms with E-state index in [2.05, 4.69) is 5.32 Å². The first-order valence-electron chi connectivity index (χ1n) is 5.75. The van der Waals surface area contributed by atoms with E-state index in [0.29, 0.717) is 6.61 Å². The summed E-state index contributed by atoms with van der Waals surface area (Å²) in [6.45, 7) is 2.19. The second-order valence-corrected chi connectivity index (χ2v) is 5.25. The number of rotatable bonds is 4. The Morgan fingerprint density at radius 1 is 1.44 bits per heavy atom. The monoisotopic (exact) mass is 287 g/mol. The standard InChI is InChI=1S/C13H15Cl2NO2/c1-13(7-14,8-15)16-12(17)10-6-18-11-5-3-2-4-9(10)11/h2-5,10H,6-8H2,1H3,(H,16,17). The van der Waals surface area contributed by atoms with Crippen LogP contribution < -0.4 is 10.1 Å². The third kappa shape index (κ3) is 2.57. The predicted molar refractivity (Wildman–Crippen MR) is 72.7 cm³/mol. The average molecular weight is 288 g/mol. The maximum Gasteiger partial charge on any atom is 0.231 e. The zero-order valence-electron chi connectivity index (χ0n) is 10.1. The number of hydrogen-bond donors (Lipinski definition) is 1. The summed E-state index contributed by atoms with van der Waals surface area (Å²) in [5.74, 6) is 0.946. The minimum absolute atomic E-state index is 0.0937. The fourth-order valence-corrected chi connectivity index (χ4v) is 2.29. The van der Waals surface area contributed by atoms with Gasteiger partial charge < -0.3 is 10.1 Å². The minimum atomic E-state index is -0.586. The van der Waals surface area contributed by atoms with E-state index in [-0.39, 0.29) is 23.6 Å². The summed E-state index contributed by atoms with van der Waals surface area (Å²) in [6, 6.07) is 7.56. The van der Waals surface area contributed by atoms with Gasteiger partial charge in [0.2, 0.25) is 5.91 Å². The molecule has 0 bridgehead atoms. The molecule has 1 amide bonds. The molecule has 2 rings (SSSR count). The lowest BCUT2D eigenvalue weighted by atomic mass is 9.98. The highest BCUT2D eigenvalue weighted by Gasteiger charge is 2.34. The van der Waals surface area contributed by atoms with Gasteiger partial charge in [0.15, 0.2) is 0 Å². The first kappa shape index (κ1) is 13.5. The Morgan fingerprint density at radius 3 is 2.78 bits per heavy atom. The van der Waals surface area contributed by atoms with Crippen LogP contribution in [0.3, 0.4) is 0 Å². The number of carbonyl (C=O) groups is 1. The molecule has 0 saturated carbocycles. The summed E-state index contributed by atoms with van der Waals surface area (Å²) in [5, 5.41) is 2.89. The lowest BCUT2D eigenvalue weighted by Crippen LogP contribution is -2.51. The molecule has 18 heavy (non-hydrogen) atoms. The smallest absolute Gasteiger partial charge is 0.231 e. The quantitative estimate of drug-likeness (QED) is 0.865. The van der Waals surface area contributed by atoms with Crippen molar-refractivity contribution in [3.8, 4) is 5.75 Å². The fraction of sp³-hybridized carbons (Fsp3) is 0.462. The van der Waals surface area contributed by atoms with Crippen molar-refractivity contribution < 1.29 is 9.53 Å². The summed E-state index contributed by atoms with van der Waals surface area (Å²) in [6.07, 6.45) is 0. The van der Waals surface area contributed by atoms with Crippen molar-refractivity contribution >= 4 is 29.1 Å². The van der Waals surface area contributed by atoms with Crippen molar-refractivity contribution in [3.05, 3.63) is 29.8 Å². The Hall–Kier alpha value is -0.930. The van der Waals surface area contributed by atoms with Crippen LogP contribution >= 0.6 is 23.2 Å². The molecule has 1 aliphatic rings. The molecule has 1 heterocycles. The van der Waals surface area contributed by atoms with Crippen LogP contribution in [0.5, 0.6) is 5.75 Å². The van der Waals surface area contributed by atoms with Gasteiger partial charge in [0.05, 0.1) is 5.54 Å². The van der Waals surface area contributed by atoms with Gasteiger partial charge in [-0.05, 0) is 13.0 Å². The van der Waals surface area contributed by atoms with Crippen LogP contribution in [0.4, 0.5) is 0 Å². The maximum absolute atomic E-state index is 12.2. The average Bonchev–Trinajstić information content (AvgIpc) is 2.82. The van der Waals surface area contributed by atoms with Crippen molar-refractivity contribution in [2.24, 2.45) is 0 Å². The Labute approximate surface area is 116 Å². The minimum Gasteiger partial charge on any atom is -0.492 e. The number of fused-ring (bicyclic) bond motifs is 1. The molecule has 1 aliphatic heterocycles. The molecule has 0 radical (unpaired) electrons. The molecular weight excluding hydrogens is 273 g/mol. The molecule has 98 valence electrons. The van der Waals surface area contributed by atoms with Crippen molar-refractivity contribution in [2.45, 2.75) is 18.4 Å². The number of benzene rings is 1. The van der Waals surface area contributed by atoms with E-state index >= 15 is 0 Å². The molecule has 0 aromatic heterocycles. The Morgan fingerprint density at radius 2 is 2.11 bits per heavy atom. The Kier molecular flexibility index (Phi) is 4.03. The van der Waals surface area contributed by atoms with Crippen LogP contribution in [0.1, 0.15) is 18.4 Å². The van der Waals surface area contributed by atoms with Crippen molar-refractivity contribution in [1.29, 1.82) is 0 Å². The molecule has 1 aromatic carbocycles. The number of hydrogen-bond acceptors (Lipinski definition) is 2. The van der Waals surface area contributed by atoms with Gasteiger partial charge >= 0.3 is 0 Å². The molecule has 0 aliphatic carbocycles. The van der Waals surface area contributed by atoms with Crippen LogP contribution in [0.15, 0.2) is 24.3 Å². The first-order chi connectivity index (χ1) is 8.59. The van der Waals surface area contributed by atoms with E-state index in [9.17, 15) is 4.79 Å². The summed E-state index contributed by atoms with van der Waals surface area (Å²) >= 11 is 11.7. The highest BCUT2D eigenvalue weighted by atomic mass is 35.5. The normalized spacial score (nSPS) is 18.1. The van der Waals surface area contributed by atoms with Crippen molar-refractivity contribution in [1.82, 2.24) is 5.32 Å². The van der Waals surface area contributed by atoms with Gasteiger partial charge in [0.1, 0.15) is 18.3 Å². The molecule has 1 aromatic rings. The molecule has 3 nitrogen and oxygen atoms in total. The van der Waals surface area contributed by atoms with Gasteiger partial charge in [0.25, 0.3) is 0 Å². The molecule has 0 saturated heterocycles. The fourth-order valence-electron chi connectivity index (χ4n) is 1.87. The van der Waals surface area contributed by atoms with E-state index in [4.69, 9.17) is 27.9 Å². The molecule has 1 atom stereocenters. The number of para-hydroxylation sites is 1. The number of halogens is 2. The maximum atomic E-state index is 12.2. The molecule has 5 heteroatoms. The number of ether oxygens (including phenoxy) is 1. The van der Waals surface area contributed by atoms with Crippen LogP contribution in [0.25, 0.3) is 0 Å². The molecule has 1 N–H and O–H groups in total. The third-order valence-electron chi connectivity index (χ3n) is 3.03. The van der Waals surface area contributed by atoms with Crippen LogP contribution in [0, 0.1) is 0 Å². The van der Waals surface area contributed by atoms with Crippen molar-refractivity contribution in [3.63, 3.8) is 0 Å². The van der Waals surface area contributed by atoms with Crippen molar-refractivity contribution in [2.75, 3.05) is 18.4 Å². The SMILES string of the molecule is CC(CCl)(CCl)NC(=O)C1COc2ccccc21. The van der Waals surface area contributed by atoms with Gasteiger partial charge in [-0.2, -0.15) is 0 Å². The topological polar surface area (TPSA) is 38.3 Å². The predicted octanol–water partition coefficient (Wildman–Crippen LogP) is 2.52. The second-order valence-electron chi connectivity index (χ2n) is 4.72. The summed E-state index contributed by atoms with van der Waals surface area (Å²) < 4.78 is 5.49. The Balaban J connectivity index is 2.12. The largest absolute Gasteiger partial charge is 0.492 e. The van der Waals surface area contributed by atoms with Crippen LogP contribution in [-0.4, -0.2) is 29.8 Å². The highest BCUT2D eigenvalue weighted by molar-refractivity contribution is 6.22. The molecule has 0 spiro atoms. The lowest BCUT2D eigenvalue weighted by Gasteiger charge is -2.27. The van der Waals surface area contributed by atoms with Gasteiger partial charge in [-0.15, -0.1) is 23.2 Å². The van der Waals surface area contributed by atoms with E-state index in [1.165, 1.54) is 0 Å². The number of alkyl halides is 2. The van der Waals surface area contributed by atoms with Gasteiger partial charge in [-0.3, -0.25) is 4.79 Å². The second kappa shape index (κ2) is 5.37. The lowest BCUT2D eigenvalue weighted by molar-refractivity contribution is -0.124. The van der Waals surface area contributed by atoms with E-state index in [1.807, 2.05) is 31.2 Å². The van der Waals surface area contributed by atoms with Gasteiger partial charge in [0, 0.05) is 17.3 Å². The zero-order valence-corrected chi connectivity index (χ0v) is 11.6.